The molecule has 0 unspecified atom stereocenters. The highest BCUT2D eigenvalue weighted by Gasteiger charge is 2.34. The first-order chi connectivity index (χ1) is 8.66. The molecule has 1 aliphatic heterocycles. The van der Waals surface area contributed by atoms with Gasteiger partial charge in [0, 0.05) is 37.5 Å². The predicted octanol–water partition coefficient (Wildman–Crippen LogP) is 3.47. The molecule has 1 fully saturated rings. The first-order valence-electron chi connectivity index (χ1n) is 6.12. The van der Waals surface area contributed by atoms with Gasteiger partial charge in [-0.15, -0.1) is 0 Å². The first-order valence-corrected chi connectivity index (χ1v) is 6.12. The molecule has 4 heteroatoms. The Morgan fingerprint density at radius 3 is 2.56 bits per heavy atom. The molecule has 0 atom stereocenters. The fourth-order valence-electron chi connectivity index (χ4n) is 2.40. The van der Waals surface area contributed by atoms with E-state index >= 15 is 0 Å². The van der Waals surface area contributed by atoms with Crippen molar-refractivity contribution < 1.29 is 8.78 Å². The van der Waals surface area contributed by atoms with Crippen molar-refractivity contribution in [1.29, 1.82) is 0 Å². The number of hydrogen-bond donors (Lipinski definition) is 0. The molecule has 1 aromatic carbocycles. The maximum absolute atomic E-state index is 13.2. The van der Waals surface area contributed by atoms with Crippen LogP contribution in [0.3, 0.4) is 0 Å². The lowest BCUT2D eigenvalue weighted by molar-refractivity contribution is -0.0221. The van der Waals surface area contributed by atoms with Crippen molar-refractivity contribution in [3.8, 4) is 0 Å². The third-order valence-electron chi connectivity index (χ3n) is 3.45. The topological polar surface area (TPSA) is 16.1 Å². The summed E-state index contributed by atoms with van der Waals surface area (Å²) in [6.07, 6.45) is 1.57. The van der Waals surface area contributed by atoms with E-state index in [4.69, 9.17) is 0 Å². The standard InChI is InChI=1S/C14H14F2N2/c15-14(16)6-9-18(10-7-14)13-12-4-2-1-3-11(12)5-8-17-13/h1-5,8H,6-7,9-10H2. The molecule has 2 nitrogen and oxygen atoms in total. The van der Waals surface area contributed by atoms with Crippen LogP contribution in [-0.2, 0) is 0 Å². The molecular formula is C14H14F2N2. The van der Waals surface area contributed by atoms with Crippen LogP contribution >= 0.6 is 0 Å². The number of benzene rings is 1. The summed E-state index contributed by atoms with van der Waals surface area (Å²) in [6.45, 7) is 0.738. The number of piperidine rings is 1. The smallest absolute Gasteiger partial charge is 0.251 e. The monoisotopic (exact) mass is 248 g/mol. The maximum atomic E-state index is 13.2. The summed E-state index contributed by atoms with van der Waals surface area (Å²) < 4.78 is 26.3. The van der Waals surface area contributed by atoms with Crippen molar-refractivity contribution in [2.45, 2.75) is 18.8 Å². The number of aromatic nitrogens is 1. The van der Waals surface area contributed by atoms with Crippen LogP contribution in [0.4, 0.5) is 14.6 Å². The number of rotatable bonds is 1. The van der Waals surface area contributed by atoms with Gasteiger partial charge in [-0.25, -0.2) is 13.8 Å². The highest BCUT2D eigenvalue weighted by Crippen LogP contribution is 2.32. The van der Waals surface area contributed by atoms with E-state index in [-0.39, 0.29) is 12.8 Å². The van der Waals surface area contributed by atoms with Gasteiger partial charge in [-0.05, 0) is 11.5 Å². The van der Waals surface area contributed by atoms with Gasteiger partial charge in [0.1, 0.15) is 5.82 Å². The van der Waals surface area contributed by atoms with E-state index in [1.54, 1.807) is 6.20 Å². The number of alkyl halides is 2. The van der Waals surface area contributed by atoms with E-state index in [1.807, 2.05) is 35.2 Å². The Kier molecular flexibility index (Phi) is 2.65. The third-order valence-corrected chi connectivity index (χ3v) is 3.45. The van der Waals surface area contributed by atoms with E-state index in [1.165, 1.54) is 0 Å². The van der Waals surface area contributed by atoms with Crippen LogP contribution in [-0.4, -0.2) is 24.0 Å². The van der Waals surface area contributed by atoms with Crippen LogP contribution in [0, 0.1) is 0 Å². The molecule has 0 aliphatic carbocycles. The second-order valence-corrected chi connectivity index (χ2v) is 4.70. The van der Waals surface area contributed by atoms with Gasteiger partial charge in [-0.1, -0.05) is 24.3 Å². The molecule has 1 saturated heterocycles. The quantitative estimate of drug-likeness (QED) is 0.768. The average Bonchev–Trinajstić information content (AvgIpc) is 2.38. The number of halogens is 2. The molecule has 0 saturated carbocycles. The summed E-state index contributed by atoms with van der Waals surface area (Å²) in [6, 6.07) is 9.86. The molecule has 0 bridgehead atoms. The van der Waals surface area contributed by atoms with Crippen molar-refractivity contribution in [3.05, 3.63) is 36.5 Å². The average molecular weight is 248 g/mol. The Morgan fingerprint density at radius 1 is 1.06 bits per heavy atom. The van der Waals surface area contributed by atoms with E-state index in [9.17, 15) is 8.78 Å². The summed E-state index contributed by atoms with van der Waals surface area (Å²) in [5.41, 5.74) is 0. The third kappa shape index (κ3) is 2.03. The summed E-state index contributed by atoms with van der Waals surface area (Å²) in [7, 11) is 0. The van der Waals surface area contributed by atoms with Crippen LogP contribution in [0.25, 0.3) is 10.8 Å². The normalized spacial score (nSPS) is 19.1. The molecule has 3 rings (SSSR count). The Hall–Kier alpha value is -1.71. The first kappa shape index (κ1) is 11.4. The highest BCUT2D eigenvalue weighted by atomic mass is 19.3. The van der Waals surface area contributed by atoms with Crippen LogP contribution in [0.1, 0.15) is 12.8 Å². The molecule has 1 aromatic heterocycles. The van der Waals surface area contributed by atoms with Crippen LogP contribution in [0.15, 0.2) is 36.5 Å². The van der Waals surface area contributed by atoms with Gasteiger partial charge >= 0.3 is 0 Å². The van der Waals surface area contributed by atoms with E-state index < -0.39 is 5.92 Å². The Balaban J connectivity index is 1.96. The minimum absolute atomic E-state index is 0.0854. The highest BCUT2D eigenvalue weighted by molar-refractivity contribution is 5.92. The van der Waals surface area contributed by atoms with Crippen molar-refractivity contribution in [1.82, 2.24) is 4.98 Å². The van der Waals surface area contributed by atoms with Gasteiger partial charge < -0.3 is 4.90 Å². The Labute approximate surface area is 104 Å². The predicted molar refractivity (Wildman–Crippen MR) is 68.1 cm³/mol. The largest absolute Gasteiger partial charge is 0.356 e. The molecule has 94 valence electrons. The fraction of sp³-hybridized carbons (Fsp3) is 0.357. The summed E-state index contributed by atoms with van der Waals surface area (Å²) >= 11 is 0. The molecule has 1 aliphatic rings. The SMILES string of the molecule is FC1(F)CCN(c2nccc3ccccc23)CC1. The van der Waals surface area contributed by atoms with Gasteiger partial charge in [0.25, 0.3) is 5.92 Å². The molecule has 0 N–H and O–H groups in total. The zero-order chi connectivity index (χ0) is 12.6. The molecule has 18 heavy (non-hydrogen) atoms. The summed E-state index contributed by atoms with van der Waals surface area (Å²) in [5, 5.41) is 2.13. The number of hydrogen-bond acceptors (Lipinski definition) is 2. The molecule has 0 amide bonds. The lowest BCUT2D eigenvalue weighted by atomic mass is 10.1. The van der Waals surface area contributed by atoms with Gasteiger partial charge in [0.2, 0.25) is 0 Å². The minimum Gasteiger partial charge on any atom is -0.356 e. The van der Waals surface area contributed by atoms with Crippen molar-refractivity contribution in [2.24, 2.45) is 0 Å². The van der Waals surface area contributed by atoms with E-state index in [0.717, 1.165) is 16.6 Å². The van der Waals surface area contributed by atoms with Gasteiger partial charge in [-0.3, -0.25) is 0 Å². The molecule has 0 radical (unpaired) electrons. The number of pyridine rings is 1. The van der Waals surface area contributed by atoms with Crippen molar-refractivity contribution in [3.63, 3.8) is 0 Å². The van der Waals surface area contributed by atoms with E-state index in [2.05, 4.69) is 4.98 Å². The lowest BCUT2D eigenvalue weighted by Crippen LogP contribution is -2.39. The second kappa shape index (κ2) is 4.19. The zero-order valence-corrected chi connectivity index (χ0v) is 9.94. The maximum Gasteiger partial charge on any atom is 0.251 e. The molecule has 2 aromatic rings. The van der Waals surface area contributed by atoms with Crippen LogP contribution < -0.4 is 4.90 Å². The van der Waals surface area contributed by atoms with Gasteiger partial charge in [-0.2, -0.15) is 0 Å². The van der Waals surface area contributed by atoms with Crippen LogP contribution in [0.2, 0.25) is 0 Å². The number of fused-ring (bicyclic) bond motifs is 1. The number of anilines is 1. The summed E-state index contributed by atoms with van der Waals surface area (Å²) in [5.74, 6) is -1.69. The van der Waals surface area contributed by atoms with Gasteiger partial charge in [0.15, 0.2) is 0 Å². The minimum atomic E-state index is -2.51. The number of nitrogens with zero attached hydrogens (tertiary/aromatic N) is 2. The summed E-state index contributed by atoms with van der Waals surface area (Å²) in [4.78, 5) is 6.32. The lowest BCUT2D eigenvalue weighted by Gasteiger charge is -2.33. The molecule has 0 spiro atoms. The van der Waals surface area contributed by atoms with Crippen molar-refractivity contribution >= 4 is 16.6 Å². The van der Waals surface area contributed by atoms with Crippen LogP contribution in [0.5, 0.6) is 0 Å². The Morgan fingerprint density at radius 2 is 1.78 bits per heavy atom. The molecular weight excluding hydrogens is 234 g/mol. The zero-order valence-electron chi connectivity index (χ0n) is 9.94. The van der Waals surface area contributed by atoms with E-state index in [0.29, 0.717) is 13.1 Å². The second-order valence-electron chi connectivity index (χ2n) is 4.70. The van der Waals surface area contributed by atoms with Gasteiger partial charge in [0.05, 0.1) is 0 Å². The fourth-order valence-corrected chi connectivity index (χ4v) is 2.40. The Bertz CT molecular complexity index is 553. The molecule has 2 heterocycles. The van der Waals surface area contributed by atoms with Crippen molar-refractivity contribution in [2.75, 3.05) is 18.0 Å².